The minimum absolute atomic E-state index is 0.243. The van der Waals surface area contributed by atoms with Crippen molar-refractivity contribution in [2.45, 2.75) is 39.3 Å². The number of fused-ring (bicyclic) bond motifs is 1. The Hall–Kier alpha value is -3.66. The maximum absolute atomic E-state index is 13.4. The Balaban J connectivity index is 2.19. The molecule has 7 nitrogen and oxygen atoms in total. The van der Waals surface area contributed by atoms with Gasteiger partial charge in [-0.05, 0) is 52.0 Å². The number of carbonyl (C=O) groups excluding carboxylic acids is 1. The summed E-state index contributed by atoms with van der Waals surface area (Å²) in [5, 5.41) is 12.4. The molecule has 3 rings (SSSR count). The van der Waals surface area contributed by atoms with E-state index in [2.05, 4.69) is 16.4 Å². The monoisotopic (exact) mass is 390 g/mol. The smallest absolute Gasteiger partial charge is 0.408 e. The lowest BCUT2D eigenvalue weighted by molar-refractivity contribution is 0.0505. The number of alkyl carbamates (subject to hydrolysis) is 1. The van der Waals surface area contributed by atoms with Crippen molar-refractivity contribution in [3.63, 3.8) is 0 Å². The van der Waals surface area contributed by atoms with Gasteiger partial charge in [-0.15, -0.1) is 0 Å². The first-order valence-corrected chi connectivity index (χ1v) is 9.22. The summed E-state index contributed by atoms with van der Waals surface area (Å²) in [6, 6.07) is 15.4. The standard InChI is InChI=1S/C22H22N4O3/c1-14(24-21(28)29-22(2,3)4)19-25-17-12-8-9-15(13-23)18(17)20(27)26(19)16-10-6-5-7-11-16/h5-12,14H,1-4H3,(H,24,28)/t14-/m0/s1. The molecular formula is C22H22N4O3. The minimum Gasteiger partial charge on any atom is -0.444 e. The van der Waals surface area contributed by atoms with Gasteiger partial charge in [0.25, 0.3) is 5.56 Å². The van der Waals surface area contributed by atoms with E-state index < -0.39 is 17.7 Å². The molecule has 29 heavy (non-hydrogen) atoms. The van der Waals surface area contributed by atoms with Crippen molar-refractivity contribution in [1.82, 2.24) is 14.9 Å². The van der Waals surface area contributed by atoms with Gasteiger partial charge in [0.1, 0.15) is 17.5 Å². The van der Waals surface area contributed by atoms with Crippen LogP contribution in [-0.2, 0) is 4.74 Å². The number of ether oxygens (including phenoxy) is 1. The van der Waals surface area contributed by atoms with E-state index in [0.29, 0.717) is 17.0 Å². The normalized spacial score (nSPS) is 12.2. The first-order chi connectivity index (χ1) is 13.7. The Labute approximate surface area is 168 Å². The van der Waals surface area contributed by atoms with Crippen LogP contribution in [0.2, 0.25) is 0 Å². The molecule has 1 N–H and O–H groups in total. The Morgan fingerprint density at radius 3 is 2.48 bits per heavy atom. The van der Waals surface area contributed by atoms with Gasteiger partial charge in [-0.1, -0.05) is 24.3 Å². The van der Waals surface area contributed by atoms with Crippen LogP contribution in [0, 0.1) is 11.3 Å². The molecular weight excluding hydrogens is 368 g/mol. The molecule has 0 spiro atoms. The third-order valence-corrected chi connectivity index (χ3v) is 4.18. The van der Waals surface area contributed by atoms with Gasteiger partial charge < -0.3 is 10.1 Å². The van der Waals surface area contributed by atoms with Crippen LogP contribution in [0.3, 0.4) is 0 Å². The number of para-hydroxylation sites is 1. The summed E-state index contributed by atoms with van der Waals surface area (Å²) in [7, 11) is 0. The molecule has 3 aromatic rings. The van der Waals surface area contributed by atoms with Gasteiger partial charge in [-0.2, -0.15) is 5.26 Å². The fraction of sp³-hybridized carbons (Fsp3) is 0.273. The van der Waals surface area contributed by atoms with E-state index in [9.17, 15) is 14.9 Å². The molecule has 1 heterocycles. The molecule has 0 aliphatic carbocycles. The lowest BCUT2D eigenvalue weighted by atomic mass is 10.1. The maximum Gasteiger partial charge on any atom is 0.408 e. The Bertz CT molecular complexity index is 1150. The Morgan fingerprint density at radius 1 is 1.17 bits per heavy atom. The number of nitrogens with one attached hydrogen (secondary N) is 1. The number of rotatable bonds is 3. The molecule has 0 fully saturated rings. The SMILES string of the molecule is C[C@H](NC(=O)OC(C)(C)C)c1nc2cccc(C#N)c2c(=O)n1-c1ccccc1. The second-order valence-electron chi connectivity index (χ2n) is 7.63. The lowest BCUT2D eigenvalue weighted by Gasteiger charge is -2.23. The molecule has 1 amide bonds. The first-order valence-electron chi connectivity index (χ1n) is 9.22. The average molecular weight is 390 g/mol. The van der Waals surface area contributed by atoms with Crippen molar-refractivity contribution in [1.29, 1.82) is 5.26 Å². The zero-order valence-corrected chi connectivity index (χ0v) is 16.8. The number of benzene rings is 2. The van der Waals surface area contributed by atoms with Crippen LogP contribution in [0.4, 0.5) is 4.79 Å². The van der Waals surface area contributed by atoms with Crippen LogP contribution >= 0.6 is 0 Å². The summed E-state index contributed by atoms with van der Waals surface area (Å²) in [4.78, 5) is 30.2. The highest BCUT2D eigenvalue weighted by molar-refractivity contribution is 5.84. The maximum atomic E-state index is 13.4. The minimum atomic E-state index is -0.651. The van der Waals surface area contributed by atoms with E-state index in [1.165, 1.54) is 4.57 Å². The average Bonchev–Trinajstić information content (AvgIpc) is 2.66. The second kappa shape index (κ2) is 7.76. The van der Waals surface area contributed by atoms with Gasteiger partial charge in [0.2, 0.25) is 0 Å². The van der Waals surface area contributed by atoms with Gasteiger partial charge >= 0.3 is 6.09 Å². The Morgan fingerprint density at radius 2 is 1.86 bits per heavy atom. The van der Waals surface area contributed by atoms with Gasteiger partial charge in [-0.25, -0.2) is 9.78 Å². The third kappa shape index (κ3) is 4.27. The van der Waals surface area contributed by atoms with Crippen molar-refractivity contribution in [2.24, 2.45) is 0 Å². The highest BCUT2D eigenvalue weighted by atomic mass is 16.6. The number of aromatic nitrogens is 2. The third-order valence-electron chi connectivity index (χ3n) is 4.18. The fourth-order valence-corrected chi connectivity index (χ4v) is 3.01. The molecule has 0 aliphatic rings. The van der Waals surface area contributed by atoms with Crippen LogP contribution in [0.15, 0.2) is 53.3 Å². The lowest BCUT2D eigenvalue weighted by Crippen LogP contribution is -2.37. The van der Waals surface area contributed by atoms with Crippen molar-refractivity contribution in [3.05, 3.63) is 70.3 Å². The van der Waals surface area contributed by atoms with Crippen molar-refractivity contribution >= 4 is 17.0 Å². The van der Waals surface area contributed by atoms with E-state index in [4.69, 9.17) is 4.74 Å². The van der Waals surface area contributed by atoms with E-state index in [-0.39, 0.29) is 16.5 Å². The number of nitrogens with zero attached hydrogens (tertiary/aromatic N) is 3. The molecule has 7 heteroatoms. The number of hydrogen-bond donors (Lipinski definition) is 1. The van der Waals surface area contributed by atoms with Crippen molar-refractivity contribution in [2.75, 3.05) is 0 Å². The molecule has 1 atom stereocenters. The van der Waals surface area contributed by atoms with Crippen LogP contribution in [0.5, 0.6) is 0 Å². The number of hydrogen-bond acceptors (Lipinski definition) is 5. The summed E-state index contributed by atoms with van der Waals surface area (Å²) in [5.41, 5.74) is 0.221. The first kappa shape index (κ1) is 20.1. The van der Waals surface area contributed by atoms with Gasteiger partial charge in [-0.3, -0.25) is 9.36 Å². The molecule has 148 valence electrons. The number of carbonyl (C=O) groups is 1. The molecule has 0 radical (unpaired) electrons. The summed E-state index contributed by atoms with van der Waals surface area (Å²) < 4.78 is 6.74. The zero-order chi connectivity index (χ0) is 21.2. The number of amides is 1. The predicted molar refractivity (Wildman–Crippen MR) is 110 cm³/mol. The molecule has 0 bridgehead atoms. The van der Waals surface area contributed by atoms with Gasteiger partial charge in [0.05, 0.1) is 28.2 Å². The van der Waals surface area contributed by atoms with E-state index in [1.54, 1.807) is 70.2 Å². The highest BCUT2D eigenvalue weighted by Crippen LogP contribution is 2.20. The van der Waals surface area contributed by atoms with Crippen LogP contribution < -0.4 is 10.9 Å². The summed E-state index contributed by atoms with van der Waals surface area (Å²) in [6.45, 7) is 7.05. The molecule has 0 saturated carbocycles. The number of nitriles is 1. The van der Waals surface area contributed by atoms with Gasteiger partial charge in [0.15, 0.2) is 0 Å². The second-order valence-corrected chi connectivity index (χ2v) is 7.63. The fourth-order valence-electron chi connectivity index (χ4n) is 3.01. The zero-order valence-electron chi connectivity index (χ0n) is 16.8. The topological polar surface area (TPSA) is 97.0 Å². The van der Waals surface area contributed by atoms with Gasteiger partial charge in [0, 0.05) is 0 Å². The van der Waals surface area contributed by atoms with Crippen molar-refractivity contribution < 1.29 is 9.53 Å². The largest absolute Gasteiger partial charge is 0.444 e. The van der Waals surface area contributed by atoms with E-state index in [0.717, 1.165) is 0 Å². The Kier molecular flexibility index (Phi) is 5.37. The molecule has 2 aromatic carbocycles. The highest BCUT2D eigenvalue weighted by Gasteiger charge is 2.23. The molecule has 1 aromatic heterocycles. The molecule has 0 saturated heterocycles. The predicted octanol–water partition coefficient (Wildman–Crippen LogP) is 3.84. The molecule has 0 unspecified atom stereocenters. The summed E-state index contributed by atoms with van der Waals surface area (Å²) in [6.07, 6.45) is -0.607. The van der Waals surface area contributed by atoms with Crippen LogP contribution in [-0.4, -0.2) is 21.2 Å². The molecule has 0 aliphatic heterocycles. The van der Waals surface area contributed by atoms with Crippen molar-refractivity contribution in [3.8, 4) is 11.8 Å². The van der Waals surface area contributed by atoms with Crippen LogP contribution in [0.1, 0.15) is 45.1 Å². The van der Waals surface area contributed by atoms with Crippen LogP contribution in [0.25, 0.3) is 16.6 Å². The summed E-state index contributed by atoms with van der Waals surface area (Å²) >= 11 is 0. The summed E-state index contributed by atoms with van der Waals surface area (Å²) in [5.74, 6) is 0.342. The van der Waals surface area contributed by atoms with E-state index >= 15 is 0 Å². The quantitative estimate of drug-likeness (QED) is 0.733. The van der Waals surface area contributed by atoms with E-state index in [1.807, 2.05) is 6.07 Å².